The predicted octanol–water partition coefficient (Wildman–Crippen LogP) is 2.63. The fraction of sp³-hybridized carbons (Fsp3) is 0.769. The summed E-state index contributed by atoms with van der Waals surface area (Å²) < 4.78 is 0. The van der Waals surface area contributed by atoms with Gasteiger partial charge in [0, 0.05) is 12.2 Å². The Morgan fingerprint density at radius 2 is 2.12 bits per heavy atom. The molecule has 1 aliphatic carbocycles. The molecule has 90 valence electrons. The number of aromatic amines is 1. The number of hydrogen-bond donors (Lipinski definition) is 2. The normalized spacial score (nSPS) is 25.9. The molecule has 0 saturated heterocycles. The third-order valence-electron chi connectivity index (χ3n) is 3.80. The van der Waals surface area contributed by atoms with Crippen LogP contribution < -0.4 is 5.32 Å². The molecule has 2 N–H and O–H groups in total. The minimum absolute atomic E-state index is 0.885. The summed E-state index contributed by atoms with van der Waals surface area (Å²) in [6.07, 6.45) is 7.39. The Kier molecular flexibility index (Phi) is 3.99. The van der Waals surface area contributed by atoms with Gasteiger partial charge >= 0.3 is 0 Å². The number of aromatic nitrogens is 2. The third-order valence-corrected chi connectivity index (χ3v) is 3.80. The second-order valence-corrected chi connectivity index (χ2v) is 5.23. The second-order valence-electron chi connectivity index (χ2n) is 5.23. The van der Waals surface area contributed by atoms with Crippen LogP contribution in [0.5, 0.6) is 0 Å². The highest BCUT2D eigenvalue weighted by atomic mass is 14.9. The van der Waals surface area contributed by atoms with Crippen LogP contribution in [0.4, 0.5) is 0 Å². The summed E-state index contributed by atoms with van der Waals surface area (Å²) in [5, 5.41) is 3.53. The molecule has 1 aliphatic rings. The molecular formula is C13H23N3. The van der Waals surface area contributed by atoms with E-state index in [1.807, 2.05) is 0 Å². The summed E-state index contributed by atoms with van der Waals surface area (Å²) in [5.41, 5.74) is 2.34. The van der Waals surface area contributed by atoms with Crippen molar-refractivity contribution >= 4 is 0 Å². The lowest BCUT2D eigenvalue weighted by atomic mass is 9.83. The van der Waals surface area contributed by atoms with E-state index in [-0.39, 0.29) is 0 Å². The fourth-order valence-electron chi connectivity index (χ4n) is 2.49. The first-order chi connectivity index (χ1) is 7.75. The molecule has 0 atom stereocenters. The van der Waals surface area contributed by atoms with Gasteiger partial charge in [-0.05, 0) is 38.1 Å². The number of hydrogen-bond acceptors (Lipinski definition) is 2. The van der Waals surface area contributed by atoms with Crippen LogP contribution in [0.2, 0.25) is 0 Å². The minimum atomic E-state index is 0.885. The lowest BCUT2D eigenvalue weighted by Gasteiger charge is -2.26. The largest absolute Gasteiger partial charge is 0.348 e. The van der Waals surface area contributed by atoms with Crippen molar-refractivity contribution in [2.24, 2.45) is 11.8 Å². The molecule has 1 saturated carbocycles. The van der Waals surface area contributed by atoms with Crippen LogP contribution in [-0.2, 0) is 6.54 Å². The molecule has 3 heteroatoms. The zero-order valence-electron chi connectivity index (χ0n) is 10.4. The van der Waals surface area contributed by atoms with E-state index in [1.54, 1.807) is 6.33 Å². The van der Waals surface area contributed by atoms with Gasteiger partial charge in [0.1, 0.15) is 0 Å². The highest BCUT2D eigenvalue weighted by Crippen LogP contribution is 2.27. The molecular weight excluding hydrogens is 198 g/mol. The molecule has 16 heavy (non-hydrogen) atoms. The van der Waals surface area contributed by atoms with Crippen molar-refractivity contribution < 1.29 is 0 Å². The number of imidazole rings is 1. The number of nitrogens with zero attached hydrogens (tertiary/aromatic N) is 1. The van der Waals surface area contributed by atoms with Crippen molar-refractivity contribution in [2.75, 3.05) is 6.54 Å². The summed E-state index contributed by atoms with van der Waals surface area (Å²) in [5.74, 6) is 1.83. The lowest BCUT2D eigenvalue weighted by Crippen LogP contribution is -2.26. The van der Waals surface area contributed by atoms with Gasteiger partial charge in [-0.1, -0.05) is 19.8 Å². The van der Waals surface area contributed by atoms with E-state index >= 15 is 0 Å². The molecule has 1 aromatic rings. The van der Waals surface area contributed by atoms with Crippen LogP contribution in [0.25, 0.3) is 0 Å². The maximum Gasteiger partial charge on any atom is 0.0925 e. The first kappa shape index (κ1) is 11.6. The summed E-state index contributed by atoms with van der Waals surface area (Å²) in [4.78, 5) is 7.40. The Morgan fingerprint density at radius 3 is 2.75 bits per heavy atom. The molecule has 0 bridgehead atoms. The molecule has 0 amide bonds. The quantitative estimate of drug-likeness (QED) is 0.820. The van der Waals surface area contributed by atoms with Crippen molar-refractivity contribution in [3.05, 3.63) is 17.7 Å². The monoisotopic (exact) mass is 221 g/mol. The van der Waals surface area contributed by atoms with Crippen LogP contribution in [0.3, 0.4) is 0 Å². The lowest BCUT2D eigenvalue weighted by molar-refractivity contribution is 0.281. The Morgan fingerprint density at radius 1 is 1.38 bits per heavy atom. The maximum atomic E-state index is 4.29. The van der Waals surface area contributed by atoms with Gasteiger partial charge in [0.2, 0.25) is 0 Å². The van der Waals surface area contributed by atoms with Gasteiger partial charge in [0.05, 0.1) is 12.0 Å². The smallest absolute Gasteiger partial charge is 0.0925 e. The van der Waals surface area contributed by atoms with E-state index in [9.17, 15) is 0 Å². The number of rotatable bonds is 4. The zero-order valence-corrected chi connectivity index (χ0v) is 10.4. The highest BCUT2D eigenvalue weighted by molar-refractivity contribution is 5.07. The van der Waals surface area contributed by atoms with Crippen molar-refractivity contribution in [2.45, 2.75) is 46.1 Å². The molecule has 0 radical (unpaired) electrons. The molecule has 0 aliphatic heterocycles. The van der Waals surface area contributed by atoms with Crippen LogP contribution in [0.15, 0.2) is 6.33 Å². The molecule has 1 fully saturated rings. The molecule has 0 spiro atoms. The van der Waals surface area contributed by atoms with E-state index in [2.05, 4.69) is 29.1 Å². The van der Waals surface area contributed by atoms with Gasteiger partial charge in [-0.3, -0.25) is 0 Å². The van der Waals surface area contributed by atoms with Crippen LogP contribution in [0.1, 0.15) is 44.0 Å². The zero-order chi connectivity index (χ0) is 11.4. The van der Waals surface area contributed by atoms with Crippen LogP contribution >= 0.6 is 0 Å². The van der Waals surface area contributed by atoms with E-state index < -0.39 is 0 Å². The first-order valence-corrected chi connectivity index (χ1v) is 6.45. The summed E-state index contributed by atoms with van der Waals surface area (Å²) in [6, 6.07) is 0. The van der Waals surface area contributed by atoms with Crippen molar-refractivity contribution in [1.82, 2.24) is 15.3 Å². The first-order valence-electron chi connectivity index (χ1n) is 6.45. The average Bonchev–Trinajstić information content (AvgIpc) is 2.68. The van der Waals surface area contributed by atoms with Crippen molar-refractivity contribution in [3.63, 3.8) is 0 Å². The number of nitrogens with one attached hydrogen (secondary N) is 2. The Labute approximate surface area is 98.1 Å². The summed E-state index contributed by atoms with van der Waals surface area (Å²) in [6.45, 7) is 6.50. The Hall–Kier alpha value is -0.830. The van der Waals surface area contributed by atoms with E-state index in [0.29, 0.717) is 0 Å². The van der Waals surface area contributed by atoms with Crippen molar-refractivity contribution in [1.29, 1.82) is 0 Å². The number of H-pyrrole nitrogens is 1. The van der Waals surface area contributed by atoms with Crippen molar-refractivity contribution in [3.8, 4) is 0 Å². The van der Waals surface area contributed by atoms with Gasteiger partial charge in [-0.15, -0.1) is 0 Å². The summed E-state index contributed by atoms with van der Waals surface area (Å²) in [7, 11) is 0. The predicted molar refractivity (Wildman–Crippen MR) is 66.2 cm³/mol. The Balaban J connectivity index is 1.67. The van der Waals surface area contributed by atoms with E-state index in [1.165, 1.54) is 31.4 Å². The summed E-state index contributed by atoms with van der Waals surface area (Å²) >= 11 is 0. The number of aryl methyl sites for hydroxylation is 1. The van der Waals surface area contributed by atoms with Gasteiger partial charge in [0.25, 0.3) is 0 Å². The second kappa shape index (κ2) is 5.48. The fourth-order valence-corrected chi connectivity index (χ4v) is 2.49. The van der Waals surface area contributed by atoms with Crippen LogP contribution in [-0.4, -0.2) is 16.5 Å². The molecule has 1 aromatic heterocycles. The van der Waals surface area contributed by atoms with E-state index in [0.717, 1.165) is 30.6 Å². The molecule has 2 rings (SSSR count). The molecule has 3 nitrogen and oxygen atoms in total. The Bertz CT molecular complexity index is 311. The van der Waals surface area contributed by atoms with E-state index in [4.69, 9.17) is 0 Å². The maximum absolute atomic E-state index is 4.29. The average molecular weight is 221 g/mol. The van der Waals surface area contributed by atoms with Gasteiger partial charge in [0.15, 0.2) is 0 Å². The van der Waals surface area contributed by atoms with Gasteiger partial charge < -0.3 is 10.3 Å². The van der Waals surface area contributed by atoms with Crippen LogP contribution in [0, 0.1) is 18.8 Å². The standard InChI is InChI=1S/C13H23N3/c1-10-3-5-12(6-4-10)7-14-8-13-11(2)15-9-16-13/h9-10,12,14H,3-8H2,1-2H3,(H,15,16). The highest BCUT2D eigenvalue weighted by Gasteiger charge is 2.17. The topological polar surface area (TPSA) is 40.7 Å². The molecule has 1 heterocycles. The van der Waals surface area contributed by atoms with Gasteiger partial charge in [-0.25, -0.2) is 4.98 Å². The SMILES string of the molecule is Cc1[nH]cnc1CNCC1CCC(C)CC1. The molecule has 0 unspecified atom stereocenters. The third kappa shape index (κ3) is 3.08. The minimum Gasteiger partial charge on any atom is -0.348 e. The molecule has 0 aromatic carbocycles. The van der Waals surface area contributed by atoms with Gasteiger partial charge in [-0.2, -0.15) is 0 Å².